The minimum Gasteiger partial charge on any atom is -0.466 e. The number of fused-ring (bicyclic) bond motifs is 10. The molecule has 125 heavy (non-hydrogen) atoms. The van der Waals surface area contributed by atoms with Crippen LogP contribution in [0, 0.1) is 0 Å². The SMILES string of the molecule is CCCCOC(=O)CCS[Si]12O[Si]3(SCCC(=O)OCCCC)O[Si]4(SCCC(=O)OCCCC)O[Si](SCCC(=O)OCCCC)(O1)O[Si]1(SCCC(=O)OCCCC)O[Si](SCCC(=O)OCCCC)(O4)O[Si]4(SCCC(=O)OCCCC)O[Si](SCCC(=O)OCCCC)(O[Si](SCCC(=O)OCCCC)(O[Si](SCCC(=O)OCCCC)(O3)O4)O2)O1. The quantitative estimate of drug-likeness (QED) is 0.0236. The van der Waals surface area contributed by atoms with Gasteiger partial charge in [-0.05, 0) is 64.2 Å². The Morgan fingerprint density at radius 1 is 0.160 bits per heavy atom. The number of esters is 10. The summed E-state index contributed by atoms with van der Waals surface area (Å²) in [6.45, 7) is 20.1. The van der Waals surface area contributed by atoms with Gasteiger partial charge in [0.2, 0.25) is 0 Å². The van der Waals surface area contributed by atoms with Gasteiger partial charge in [0.1, 0.15) is 0 Å². The first-order chi connectivity index (χ1) is 60.2. The van der Waals surface area contributed by atoms with Gasteiger partial charge in [-0.25, -0.2) is 0 Å². The minimum atomic E-state index is -5.63. The van der Waals surface area contributed by atoms with E-state index in [1.165, 1.54) is 0 Å². The molecule has 35 nitrogen and oxygen atoms in total. The van der Waals surface area contributed by atoms with Crippen LogP contribution in [0.3, 0.4) is 0 Å². The van der Waals surface area contributed by atoms with Gasteiger partial charge in [0.05, 0.1) is 130 Å². The van der Waals surface area contributed by atoms with Gasteiger partial charge < -0.3 is 109 Å². The van der Waals surface area contributed by atoms with Crippen molar-refractivity contribution >= 4 is 251 Å². The van der Waals surface area contributed by atoms with Gasteiger partial charge in [0, 0.05) is 57.5 Å². The fourth-order valence-corrected chi connectivity index (χ4v) is 121. The van der Waals surface area contributed by atoms with E-state index in [4.69, 9.17) is 109 Å². The molecular formula is C70H130O35S10Si10. The molecule has 5 rings (SSSR count). The van der Waals surface area contributed by atoms with Crippen LogP contribution in [0.25, 0.3) is 0 Å². The molecule has 5 aliphatic rings. The molecule has 5 saturated heterocycles. The van der Waals surface area contributed by atoms with Gasteiger partial charge in [0.25, 0.3) is 0 Å². The molecule has 0 spiro atoms. The summed E-state index contributed by atoms with van der Waals surface area (Å²) in [6.07, 6.45) is 8.56. The Morgan fingerprint density at radius 2 is 0.240 bits per heavy atom. The largest absolute Gasteiger partial charge is 0.552 e. The highest BCUT2D eigenvalue weighted by Gasteiger charge is 2.87. The number of carbonyl (C=O) groups is 10. The van der Waals surface area contributed by atoms with Crippen LogP contribution in [0.4, 0.5) is 0 Å². The summed E-state index contributed by atoms with van der Waals surface area (Å²) in [5.74, 6) is -9.38. The van der Waals surface area contributed by atoms with E-state index in [-0.39, 0.29) is 188 Å². The Morgan fingerprint density at radius 3 is 0.312 bits per heavy atom. The van der Waals surface area contributed by atoms with Crippen molar-refractivity contribution in [2.75, 3.05) is 124 Å². The second-order valence-electron chi connectivity index (χ2n) is 28.3. The number of rotatable bonds is 70. The molecule has 5 fully saturated rings. The van der Waals surface area contributed by atoms with Gasteiger partial charge >= 0.3 is 139 Å². The number of hydrogen-bond donors (Lipinski definition) is 0. The van der Waals surface area contributed by atoms with Crippen LogP contribution >= 0.6 is 112 Å². The first-order valence-electron chi connectivity index (χ1n) is 43.6. The lowest BCUT2D eigenvalue weighted by molar-refractivity contribution is -0.144. The van der Waals surface area contributed by atoms with Crippen LogP contribution < -0.4 is 0 Å². The van der Waals surface area contributed by atoms with Gasteiger partial charge in [-0.3, -0.25) is 47.9 Å². The van der Waals surface area contributed by atoms with Crippen molar-refractivity contribution in [3.63, 3.8) is 0 Å². The highest BCUT2D eigenvalue weighted by atomic mass is 32.4. The van der Waals surface area contributed by atoms with E-state index in [1.807, 2.05) is 69.2 Å². The molecule has 5 aliphatic heterocycles. The minimum absolute atomic E-state index is 0.0666. The van der Waals surface area contributed by atoms with E-state index < -0.39 is 139 Å². The molecule has 0 amide bonds. The molecule has 0 aliphatic carbocycles. The van der Waals surface area contributed by atoms with E-state index >= 15 is 0 Å². The molecule has 0 radical (unpaired) electrons. The number of ether oxygens (including phenoxy) is 10. The zero-order valence-corrected chi connectivity index (χ0v) is 91.9. The predicted molar refractivity (Wildman–Crippen MR) is 503 cm³/mol. The van der Waals surface area contributed by atoms with Crippen LogP contribution in [-0.2, 0) is 157 Å². The Balaban J connectivity index is 1.97. The van der Waals surface area contributed by atoms with Crippen molar-refractivity contribution in [3.8, 4) is 0 Å². The number of carbonyl (C=O) groups excluding carboxylic acids is 10. The summed E-state index contributed by atoms with van der Waals surface area (Å²) in [6, 6.07) is 0. The van der Waals surface area contributed by atoms with E-state index in [0.29, 0.717) is 128 Å². The first-order valence-corrected chi connectivity index (χ1v) is 78.0. The summed E-state index contributed by atoms with van der Waals surface area (Å²) in [7, 11) is -56.3. The monoisotopic (exact) mass is 2130 g/mol. The third-order valence-electron chi connectivity index (χ3n) is 17.2. The van der Waals surface area contributed by atoms with Gasteiger partial charge in [-0.1, -0.05) is 246 Å². The van der Waals surface area contributed by atoms with Crippen LogP contribution in [-0.4, -0.2) is 263 Å². The van der Waals surface area contributed by atoms with E-state index in [1.54, 1.807) is 0 Å². The van der Waals surface area contributed by atoms with Gasteiger partial charge in [0.15, 0.2) is 0 Å². The molecule has 0 aromatic heterocycles. The Labute approximate surface area is 787 Å². The van der Waals surface area contributed by atoms with Crippen molar-refractivity contribution < 1.29 is 157 Å². The maximum Gasteiger partial charge on any atom is 0.552 e. The molecule has 0 aromatic rings. The van der Waals surface area contributed by atoms with Crippen LogP contribution in [0.15, 0.2) is 0 Å². The summed E-state index contributed by atoms with van der Waals surface area (Å²) in [4.78, 5) is 143. The second kappa shape index (κ2) is 61.1. The molecule has 0 N–H and O–H groups in total. The van der Waals surface area contributed by atoms with E-state index in [2.05, 4.69) is 0 Å². The summed E-state index contributed by atoms with van der Waals surface area (Å²) < 4.78 is 180. The van der Waals surface area contributed by atoms with Crippen molar-refractivity contribution in [1.82, 2.24) is 0 Å². The molecule has 10 bridgehead atoms. The molecule has 5 heterocycles. The zero-order chi connectivity index (χ0) is 90.9. The Bertz CT molecular complexity index is 2590. The molecule has 720 valence electrons. The topological polar surface area (TPSA) is 401 Å². The first kappa shape index (κ1) is 113. The average molecular weight is 2130 g/mol. The van der Waals surface area contributed by atoms with Crippen molar-refractivity contribution in [2.45, 2.75) is 262 Å². The highest BCUT2D eigenvalue weighted by molar-refractivity contribution is 8.37. The molecule has 55 heteroatoms. The predicted octanol–water partition coefficient (Wildman–Crippen LogP) is 14.3. The third kappa shape index (κ3) is 41.7. The summed E-state index contributed by atoms with van der Waals surface area (Å²) >= 11 is 8.30. The lowest BCUT2D eigenvalue weighted by Gasteiger charge is -2.60. The molecule has 0 saturated carbocycles. The number of hydrogen-bond acceptors (Lipinski definition) is 45. The normalized spacial score (nSPS) is 26.5. The van der Waals surface area contributed by atoms with Crippen LogP contribution in [0.1, 0.15) is 262 Å². The standard InChI is InChI=1S/C70H130O35S10Si10/c1-11-21-41-81-61(71)31-51-106-116-91-117(107-52-32-62(72)82-42-22-12-2)98-120(110-55-35-65(75)85-45-25-15-5)92-118(96-116,108-53-33-63(73)83-43-23-13-3)100-122(112-57-37-67(77)87-47-27-17-7)94-124(102-120,114-59-39-69(79)89-49-29-19-9)105-125(115-60-40-70(80)90-50-30-20-10)95-123(104-122,113-58-38-68(78)88-48-28-18-8)101-119(97-116,109-54-34-64(74)84-44-24-14-4)93-121(99-117,103-125)111-56-36-66(76)86-46-26-16-6/h11-60H2,1-10H3. The van der Waals surface area contributed by atoms with Crippen molar-refractivity contribution in [1.29, 1.82) is 0 Å². The van der Waals surface area contributed by atoms with Crippen LogP contribution in [0.5, 0.6) is 0 Å². The van der Waals surface area contributed by atoms with Gasteiger partial charge in [-0.15, -0.1) is 0 Å². The Hall–Kier alpha value is -0.231. The fraction of sp³-hybridized carbons (Fsp3) is 0.857. The van der Waals surface area contributed by atoms with Crippen molar-refractivity contribution in [3.05, 3.63) is 0 Å². The van der Waals surface area contributed by atoms with Gasteiger partial charge in [-0.2, -0.15) is 0 Å². The summed E-state index contributed by atoms with van der Waals surface area (Å²) in [5, 5.41) is 0. The highest BCUT2D eigenvalue weighted by Crippen LogP contribution is 2.62. The lowest BCUT2D eigenvalue weighted by Crippen LogP contribution is -2.86. The lowest BCUT2D eigenvalue weighted by atomic mass is 10.4. The zero-order valence-electron chi connectivity index (χ0n) is 73.7. The maximum absolute atomic E-state index is 14.3. The molecule has 0 atom stereocenters. The summed E-state index contributed by atoms with van der Waals surface area (Å²) in [5.41, 5.74) is 0. The fourth-order valence-electron chi connectivity index (χ4n) is 10.4. The van der Waals surface area contributed by atoms with Crippen molar-refractivity contribution in [2.24, 2.45) is 0 Å². The maximum atomic E-state index is 14.3. The third-order valence-corrected chi connectivity index (χ3v) is 94.1. The molecule has 0 aromatic carbocycles. The Kier molecular flexibility index (Phi) is 55.5. The molecule has 0 unspecified atom stereocenters. The number of unbranched alkanes of at least 4 members (excludes halogenated alkanes) is 10. The average Bonchev–Trinajstić information content (AvgIpc) is 0.685. The van der Waals surface area contributed by atoms with E-state index in [0.717, 1.165) is 112 Å². The molecular weight excluding hydrogens is 2000 g/mol. The second-order valence-corrected chi connectivity index (χ2v) is 81.1. The smallest absolute Gasteiger partial charge is 0.466 e. The van der Waals surface area contributed by atoms with E-state index in [9.17, 15) is 47.9 Å². The van der Waals surface area contributed by atoms with Crippen LogP contribution in [0.2, 0.25) is 0 Å².